The Morgan fingerprint density at radius 2 is 1.86 bits per heavy atom. The number of carbonyl (C=O) groups excluding carboxylic acids is 1. The van der Waals surface area contributed by atoms with Gasteiger partial charge in [0.25, 0.3) is 0 Å². The van der Waals surface area contributed by atoms with Crippen molar-refractivity contribution >= 4 is 44.1 Å². The largest absolute Gasteiger partial charge is 0.497 e. The number of ether oxygens (including phenoxy) is 1. The molecule has 0 saturated heterocycles. The van der Waals surface area contributed by atoms with Crippen LogP contribution >= 0.6 is 11.3 Å². The number of nitrogens with one attached hydrogen (secondary N) is 1. The molecule has 1 aromatic heterocycles. The Bertz CT molecular complexity index is 1420. The van der Waals surface area contributed by atoms with Crippen molar-refractivity contribution in [3.8, 4) is 16.9 Å². The molecule has 1 aliphatic rings. The quantitative estimate of drug-likeness (QED) is 0.286. The van der Waals surface area contributed by atoms with Crippen LogP contribution in [0.3, 0.4) is 0 Å². The van der Waals surface area contributed by atoms with Crippen LogP contribution in [-0.4, -0.2) is 29.0 Å². The van der Waals surface area contributed by atoms with E-state index in [1.807, 2.05) is 48.5 Å². The van der Waals surface area contributed by atoms with E-state index in [0.29, 0.717) is 35.7 Å². The van der Waals surface area contributed by atoms with E-state index >= 15 is 4.39 Å². The predicted octanol–water partition coefficient (Wildman–Crippen LogP) is 6.54. The average molecular weight is 491 g/mol. The fourth-order valence-electron chi connectivity index (χ4n) is 4.71. The van der Waals surface area contributed by atoms with Gasteiger partial charge in [0.05, 0.1) is 34.5 Å². The smallest absolute Gasteiger partial charge is 0.307 e. The lowest BCUT2D eigenvalue weighted by molar-refractivity contribution is -0.142. The number of hydrogen-bond donors (Lipinski definition) is 2. The van der Waals surface area contributed by atoms with Gasteiger partial charge < -0.3 is 15.2 Å². The number of Topliss-reactive ketones (excluding diaryl/α,β-unsaturated/α-hetero) is 1. The van der Waals surface area contributed by atoms with E-state index in [2.05, 4.69) is 10.3 Å². The molecule has 2 N–H and O–H groups in total. The number of rotatable bonds is 7. The number of anilines is 2. The van der Waals surface area contributed by atoms with Crippen molar-refractivity contribution < 1.29 is 23.8 Å². The van der Waals surface area contributed by atoms with Crippen molar-refractivity contribution in [1.82, 2.24) is 4.98 Å². The number of fused-ring (bicyclic) bond motifs is 1. The number of thiazole rings is 1. The van der Waals surface area contributed by atoms with Gasteiger partial charge in [-0.15, -0.1) is 0 Å². The summed E-state index contributed by atoms with van der Waals surface area (Å²) in [6.45, 7) is 0. The number of benzene rings is 3. The molecule has 1 saturated carbocycles. The molecule has 178 valence electrons. The second-order valence-corrected chi connectivity index (χ2v) is 9.57. The molecule has 3 aromatic carbocycles. The van der Waals surface area contributed by atoms with Crippen LogP contribution in [0.1, 0.15) is 29.6 Å². The molecular formula is C27H23FN2O4S. The highest BCUT2D eigenvalue weighted by Gasteiger charge is 2.39. The Labute approximate surface area is 205 Å². The van der Waals surface area contributed by atoms with Gasteiger partial charge in [0.15, 0.2) is 16.7 Å². The van der Waals surface area contributed by atoms with Crippen molar-refractivity contribution in [3.63, 3.8) is 0 Å². The van der Waals surface area contributed by atoms with Crippen LogP contribution in [0, 0.1) is 17.7 Å². The summed E-state index contributed by atoms with van der Waals surface area (Å²) in [5.74, 6) is -3.00. The highest BCUT2D eigenvalue weighted by molar-refractivity contribution is 7.22. The van der Waals surface area contributed by atoms with E-state index in [1.165, 1.54) is 17.4 Å². The van der Waals surface area contributed by atoms with E-state index < -0.39 is 29.4 Å². The van der Waals surface area contributed by atoms with Gasteiger partial charge >= 0.3 is 5.97 Å². The van der Waals surface area contributed by atoms with Crippen molar-refractivity contribution in [2.75, 3.05) is 12.4 Å². The lowest BCUT2D eigenvalue weighted by Gasteiger charge is -2.18. The van der Waals surface area contributed by atoms with Crippen LogP contribution in [0.25, 0.3) is 21.3 Å². The monoisotopic (exact) mass is 490 g/mol. The molecule has 35 heavy (non-hydrogen) atoms. The fourth-order valence-corrected chi connectivity index (χ4v) is 5.61. The maximum atomic E-state index is 16.0. The molecule has 0 amide bonds. The summed E-state index contributed by atoms with van der Waals surface area (Å²) in [5.41, 5.74) is 2.13. The van der Waals surface area contributed by atoms with Crippen LogP contribution in [0.4, 0.5) is 15.2 Å². The molecule has 0 unspecified atom stereocenters. The zero-order chi connectivity index (χ0) is 24.5. The number of nitrogens with zero attached hydrogens (tertiary/aromatic N) is 1. The number of carbonyl (C=O) groups is 2. The molecule has 1 aliphatic carbocycles. The molecule has 1 fully saturated rings. The van der Waals surface area contributed by atoms with Crippen LogP contribution in [0.2, 0.25) is 0 Å². The summed E-state index contributed by atoms with van der Waals surface area (Å²) < 4.78 is 22.2. The van der Waals surface area contributed by atoms with Crippen molar-refractivity contribution in [2.24, 2.45) is 11.8 Å². The van der Waals surface area contributed by atoms with E-state index in [4.69, 9.17) is 4.74 Å². The van der Waals surface area contributed by atoms with Crippen molar-refractivity contribution in [2.45, 2.75) is 19.3 Å². The molecule has 0 spiro atoms. The summed E-state index contributed by atoms with van der Waals surface area (Å²) in [4.78, 5) is 29.5. The topological polar surface area (TPSA) is 88.5 Å². The normalized spacial score (nSPS) is 17.4. The first kappa shape index (κ1) is 23.0. The predicted molar refractivity (Wildman–Crippen MR) is 134 cm³/mol. The number of carboxylic acids is 1. The lowest BCUT2D eigenvalue weighted by Crippen LogP contribution is -2.26. The van der Waals surface area contributed by atoms with Gasteiger partial charge in [0.1, 0.15) is 5.75 Å². The Kier molecular flexibility index (Phi) is 6.21. The van der Waals surface area contributed by atoms with Crippen molar-refractivity contribution in [3.05, 3.63) is 72.0 Å². The lowest BCUT2D eigenvalue weighted by atomic mass is 9.87. The third-order valence-corrected chi connectivity index (χ3v) is 7.42. The Balaban J connectivity index is 1.58. The molecule has 1 heterocycles. The van der Waals surface area contributed by atoms with Crippen LogP contribution < -0.4 is 10.1 Å². The van der Waals surface area contributed by atoms with Crippen LogP contribution in [-0.2, 0) is 4.79 Å². The standard InChI is InChI=1S/C27H23FN2O4S/c1-34-16-10-13-21-22(14-16)35-27(29-21)30-24-17(15-6-3-2-4-7-15)11-12-20(23(24)28)25(31)18-8-5-9-19(18)26(32)33/h2-4,6-7,10-14,18-19H,5,8-9H2,1H3,(H,29,30)(H,32,33)/t18-,19-/m1/s1. The van der Waals surface area contributed by atoms with Gasteiger partial charge in [-0.3, -0.25) is 9.59 Å². The van der Waals surface area contributed by atoms with Gasteiger partial charge in [0, 0.05) is 11.5 Å². The number of methoxy groups -OCH3 is 1. The highest BCUT2D eigenvalue weighted by atomic mass is 32.1. The van der Waals surface area contributed by atoms with Gasteiger partial charge in [-0.2, -0.15) is 0 Å². The van der Waals surface area contributed by atoms with Gasteiger partial charge in [0.2, 0.25) is 0 Å². The van der Waals surface area contributed by atoms with Gasteiger partial charge in [-0.05, 0) is 42.7 Å². The SMILES string of the molecule is COc1ccc2nc(Nc3c(-c4ccccc4)ccc(C(=O)[C@@H]4CCC[C@H]4C(=O)O)c3F)sc2c1. The fraction of sp³-hybridized carbons (Fsp3) is 0.222. The zero-order valence-corrected chi connectivity index (χ0v) is 19.8. The maximum Gasteiger partial charge on any atom is 0.307 e. The summed E-state index contributed by atoms with van der Waals surface area (Å²) >= 11 is 1.35. The number of aliphatic carboxylic acids is 1. The Morgan fingerprint density at radius 3 is 2.60 bits per heavy atom. The summed E-state index contributed by atoms with van der Waals surface area (Å²) in [6, 6.07) is 18.0. The summed E-state index contributed by atoms with van der Waals surface area (Å²) in [5, 5.41) is 13.1. The average Bonchev–Trinajstić information content (AvgIpc) is 3.52. The summed E-state index contributed by atoms with van der Waals surface area (Å²) in [7, 11) is 1.59. The first-order valence-corrected chi connectivity index (χ1v) is 12.1. The molecule has 0 aliphatic heterocycles. The third kappa shape index (κ3) is 4.37. The first-order chi connectivity index (χ1) is 17.0. The Morgan fingerprint density at radius 1 is 1.09 bits per heavy atom. The molecule has 6 nitrogen and oxygen atoms in total. The number of ketones is 1. The minimum Gasteiger partial charge on any atom is -0.497 e. The minimum absolute atomic E-state index is 0.104. The maximum absolute atomic E-state index is 16.0. The third-order valence-electron chi connectivity index (χ3n) is 6.49. The van der Waals surface area contributed by atoms with Crippen LogP contribution in [0.15, 0.2) is 60.7 Å². The van der Waals surface area contributed by atoms with Crippen LogP contribution in [0.5, 0.6) is 5.75 Å². The van der Waals surface area contributed by atoms with E-state index in [1.54, 1.807) is 13.2 Å². The highest BCUT2D eigenvalue weighted by Crippen LogP contribution is 2.40. The molecule has 0 radical (unpaired) electrons. The Hall–Kier alpha value is -3.78. The molecule has 4 aromatic rings. The molecular weight excluding hydrogens is 467 g/mol. The van der Waals surface area contributed by atoms with Crippen molar-refractivity contribution in [1.29, 1.82) is 0 Å². The van der Waals surface area contributed by atoms with Gasteiger partial charge in [-0.25, -0.2) is 9.37 Å². The van der Waals surface area contributed by atoms with E-state index in [0.717, 1.165) is 15.8 Å². The molecule has 0 bridgehead atoms. The van der Waals surface area contributed by atoms with E-state index in [-0.39, 0.29) is 11.3 Å². The first-order valence-electron chi connectivity index (χ1n) is 11.3. The molecule has 5 rings (SSSR count). The minimum atomic E-state index is -1.01. The second kappa shape index (κ2) is 9.46. The molecule has 2 atom stereocenters. The number of halogens is 1. The second-order valence-electron chi connectivity index (χ2n) is 8.54. The molecule has 8 heteroatoms. The van der Waals surface area contributed by atoms with E-state index in [9.17, 15) is 14.7 Å². The zero-order valence-electron chi connectivity index (χ0n) is 19.0. The summed E-state index contributed by atoms with van der Waals surface area (Å²) in [6.07, 6.45) is 1.51. The van der Waals surface area contributed by atoms with Gasteiger partial charge in [-0.1, -0.05) is 54.2 Å². The number of hydrogen-bond acceptors (Lipinski definition) is 6. The number of carboxylic acid groups (broad SMARTS) is 1. The number of aromatic nitrogens is 1.